The second-order valence-corrected chi connectivity index (χ2v) is 7.62. The van der Waals surface area contributed by atoms with Gasteiger partial charge in [0, 0.05) is 54.5 Å². The smallest absolute Gasteiger partial charge is 0.272 e. The molecule has 4 rings (SSSR count). The molecule has 0 aliphatic carbocycles. The summed E-state index contributed by atoms with van der Waals surface area (Å²) in [6.07, 6.45) is 3.02. The van der Waals surface area contributed by atoms with Gasteiger partial charge in [-0.15, -0.1) is 0 Å². The minimum Gasteiger partial charge on any atom is -0.361 e. The van der Waals surface area contributed by atoms with Crippen molar-refractivity contribution in [3.8, 4) is 0 Å². The van der Waals surface area contributed by atoms with Crippen molar-refractivity contribution < 1.29 is 9.32 Å². The Bertz CT molecular complexity index is 1060. The number of aryl methyl sites for hydroxylation is 3. The molecule has 1 aliphatic heterocycles. The third kappa shape index (κ3) is 3.46. The van der Waals surface area contributed by atoms with Crippen molar-refractivity contribution in [3.05, 3.63) is 50.9 Å². The number of nitrogens with zero attached hydrogens (tertiary/aromatic N) is 4. The molecule has 1 atom stereocenters. The largest absolute Gasteiger partial charge is 0.361 e. The number of piperidine rings is 1. The fourth-order valence-corrected chi connectivity index (χ4v) is 4.04. The number of H-pyrrole nitrogens is 1. The van der Waals surface area contributed by atoms with E-state index in [9.17, 15) is 9.59 Å². The number of nitrogens with one attached hydrogen (secondary N) is 1. The summed E-state index contributed by atoms with van der Waals surface area (Å²) in [5.74, 6) is 1.11. The number of aromatic amines is 1. The molecule has 3 aromatic heterocycles. The van der Waals surface area contributed by atoms with E-state index in [4.69, 9.17) is 4.52 Å². The van der Waals surface area contributed by atoms with Crippen molar-refractivity contribution in [2.24, 2.45) is 0 Å². The molecule has 0 spiro atoms. The van der Waals surface area contributed by atoms with E-state index in [1.54, 1.807) is 0 Å². The molecular formula is C20H25N5O3. The van der Waals surface area contributed by atoms with Gasteiger partial charge >= 0.3 is 0 Å². The minimum atomic E-state index is -0.114. The van der Waals surface area contributed by atoms with Crippen LogP contribution in [0, 0.1) is 20.8 Å². The van der Waals surface area contributed by atoms with Crippen LogP contribution in [0.1, 0.15) is 53.6 Å². The predicted molar refractivity (Wildman–Crippen MR) is 103 cm³/mol. The number of hydrogen-bond donors (Lipinski definition) is 1. The highest BCUT2D eigenvalue weighted by atomic mass is 16.5. The van der Waals surface area contributed by atoms with E-state index in [1.807, 2.05) is 31.7 Å². The molecule has 0 bridgehead atoms. The lowest BCUT2D eigenvalue weighted by molar-refractivity contribution is -0.132. The lowest BCUT2D eigenvalue weighted by Crippen LogP contribution is -2.39. The summed E-state index contributed by atoms with van der Waals surface area (Å²) < 4.78 is 6.65. The van der Waals surface area contributed by atoms with Crippen molar-refractivity contribution in [1.29, 1.82) is 0 Å². The highest BCUT2D eigenvalue weighted by Gasteiger charge is 2.26. The first kappa shape index (κ1) is 18.5. The predicted octanol–water partition coefficient (Wildman–Crippen LogP) is 2.27. The molecule has 1 fully saturated rings. The number of likely N-dealkylation sites (tertiary alicyclic amines) is 1. The fourth-order valence-electron chi connectivity index (χ4n) is 4.04. The zero-order valence-corrected chi connectivity index (χ0v) is 16.5. The Hall–Kier alpha value is -2.90. The summed E-state index contributed by atoms with van der Waals surface area (Å²) in [6, 6.07) is 3.44. The number of fused-ring (bicyclic) bond motifs is 1. The zero-order valence-electron chi connectivity index (χ0n) is 16.5. The molecule has 8 nitrogen and oxygen atoms in total. The summed E-state index contributed by atoms with van der Waals surface area (Å²) in [6.45, 7) is 7.02. The van der Waals surface area contributed by atoms with Crippen LogP contribution < -0.4 is 5.56 Å². The molecule has 0 radical (unpaired) electrons. The number of rotatable bonds is 4. The number of amides is 1. The molecule has 1 amide bonds. The van der Waals surface area contributed by atoms with Crippen LogP contribution in [0.25, 0.3) is 5.65 Å². The molecule has 1 aliphatic rings. The van der Waals surface area contributed by atoms with Crippen LogP contribution in [0.2, 0.25) is 0 Å². The third-order valence-electron chi connectivity index (χ3n) is 5.58. The van der Waals surface area contributed by atoms with Gasteiger partial charge in [0.25, 0.3) is 5.56 Å². The number of carbonyl (C=O) groups is 1. The first-order valence-electron chi connectivity index (χ1n) is 9.71. The highest BCUT2D eigenvalue weighted by molar-refractivity contribution is 5.76. The van der Waals surface area contributed by atoms with Gasteiger partial charge in [0.1, 0.15) is 5.76 Å². The van der Waals surface area contributed by atoms with Gasteiger partial charge in [0.05, 0.1) is 5.69 Å². The van der Waals surface area contributed by atoms with Crippen LogP contribution in [-0.2, 0) is 11.2 Å². The molecule has 0 aromatic carbocycles. The van der Waals surface area contributed by atoms with E-state index in [-0.39, 0.29) is 17.4 Å². The van der Waals surface area contributed by atoms with Crippen molar-refractivity contribution in [2.75, 3.05) is 13.1 Å². The van der Waals surface area contributed by atoms with E-state index >= 15 is 0 Å². The molecule has 1 N–H and O–H groups in total. The molecule has 28 heavy (non-hydrogen) atoms. The van der Waals surface area contributed by atoms with Crippen LogP contribution >= 0.6 is 0 Å². The van der Waals surface area contributed by atoms with Crippen LogP contribution in [0.15, 0.2) is 21.5 Å². The van der Waals surface area contributed by atoms with Crippen molar-refractivity contribution >= 4 is 11.6 Å². The topological polar surface area (TPSA) is 96.5 Å². The normalized spacial score (nSPS) is 17.4. The SMILES string of the molecule is Cc1cc(=O)n2[nH]c(C3CCCN(C(=O)CCc4c(C)noc4C)C3)cc2n1. The zero-order chi connectivity index (χ0) is 19.8. The average molecular weight is 383 g/mol. The molecule has 148 valence electrons. The summed E-state index contributed by atoms with van der Waals surface area (Å²) in [5.41, 5.74) is 4.05. The van der Waals surface area contributed by atoms with Crippen molar-refractivity contribution in [2.45, 2.75) is 52.4 Å². The van der Waals surface area contributed by atoms with E-state index < -0.39 is 0 Å². The van der Waals surface area contributed by atoms with Gasteiger partial charge < -0.3 is 9.42 Å². The monoisotopic (exact) mass is 383 g/mol. The van der Waals surface area contributed by atoms with Gasteiger partial charge in [-0.3, -0.25) is 14.7 Å². The highest BCUT2D eigenvalue weighted by Crippen LogP contribution is 2.27. The van der Waals surface area contributed by atoms with E-state index in [0.29, 0.717) is 30.7 Å². The van der Waals surface area contributed by atoms with Crippen LogP contribution in [0.4, 0.5) is 0 Å². The molecule has 1 saturated heterocycles. The quantitative estimate of drug-likeness (QED) is 0.745. The number of aromatic nitrogens is 4. The van der Waals surface area contributed by atoms with E-state index in [0.717, 1.165) is 42.1 Å². The maximum absolute atomic E-state index is 12.8. The molecule has 8 heteroatoms. The van der Waals surface area contributed by atoms with Gasteiger partial charge in [-0.25, -0.2) is 9.50 Å². The third-order valence-corrected chi connectivity index (χ3v) is 5.58. The van der Waals surface area contributed by atoms with Gasteiger partial charge in [0.2, 0.25) is 5.91 Å². The Morgan fingerprint density at radius 1 is 1.32 bits per heavy atom. The van der Waals surface area contributed by atoms with Gasteiger partial charge in [-0.05, 0) is 40.0 Å². The van der Waals surface area contributed by atoms with E-state index in [1.165, 1.54) is 10.6 Å². The van der Waals surface area contributed by atoms with Crippen LogP contribution in [0.3, 0.4) is 0 Å². The molecular weight excluding hydrogens is 358 g/mol. The van der Waals surface area contributed by atoms with Gasteiger partial charge in [-0.2, -0.15) is 0 Å². The lowest BCUT2D eigenvalue weighted by atomic mass is 9.94. The van der Waals surface area contributed by atoms with E-state index in [2.05, 4.69) is 15.2 Å². The maximum atomic E-state index is 12.8. The number of hydrogen-bond acceptors (Lipinski definition) is 5. The Morgan fingerprint density at radius 3 is 2.89 bits per heavy atom. The summed E-state index contributed by atoms with van der Waals surface area (Å²) in [5, 5.41) is 7.13. The molecule has 1 unspecified atom stereocenters. The summed E-state index contributed by atoms with van der Waals surface area (Å²) >= 11 is 0. The van der Waals surface area contributed by atoms with Gasteiger partial charge in [-0.1, -0.05) is 5.16 Å². The minimum absolute atomic E-state index is 0.114. The van der Waals surface area contributed by atoms with Crippen molar-refractivity contribution in [1.82, 2.24) is 24.7 Å². The lowest BCUT2D eigenvalue weighted by Gasteiger charge is -2.32. The maximum Gasteiger partial charge on any atom is 0.272 e. The second-order valence-electron chi connectivity index (χ2n) is 7.62. The average Bonchev–Trinajstić information content (AvgIpc) is 3.24. The first-order valence-corrected chi connectivity index (χ1v) is 9.71. The Labute approximate surface area is 162 Å². The van der Waals surface area contributed by atoms with Crippen LogP contribution in [-0.4, -0.2) is 43.7 Å². The fraction of sp³-hybridized carbons (Fsp3) is 0.500. The Kier molecular flexibility index (Phi) is 4.78. The summed E-state index contributed by atoms with van der Waals surface area (Å²) in [4.78, 5) is 31.2. The Balaban J connectivity index is 1.46. The van der Waals surface area contributed by atoms with Gasteiger partial charge in [0.15, 0.2) is 5.65 Å². The molecule has 0 saturated carbocycles. The first-order chi connectivity index (χ1) is 13.4. The van der Waals surface area contributed by atoms with Crippen LogP contribution in [0.5, 0.6) is 0 Å². The molecule has 3 aromatic rings. The summed E-state index contributed by atoms with van der Waals surface area (Å²) in [7, 11) is 0. The Morgan fingerprint density at radius 2 is 2.14 bits per heavy atom. The second kappa shape index (κ2) is 7.26. The molecule has 4 heterocycles. The number of carbonyl (C=O) groups excluding carboxylic acids is 1. The standard InChI is InChI=1S/C20H25N5O3/c1-12-9-20(27)25-18(21-12)10-17(22-25)15-5-4-8-24(11-15)19(26)7-6-16-13(2)23-28-14(16)3/h9-10,15,22H,4-8,11H2,1-3H3. The van der Waals surface area contributed by atoms with Crippen molar-refractivity contribution in [3.63, 3.8) is 0 Å².